The number of ether oxygens (including phenoxy) is 1. The van der Waals surface area contributed by atoms with E-state index in [9.17, 15) is 22.8 Å². The number of benzene rings is 3. The van der Waals surface area contributed by atoms with Crippen molar-refractivity contribution in [1.29, 1.82) is 0 Å². The van der Waals surface area contributed by atoms with Crippen molar-refractivity contribution in [3.05, 3.63) is 95.6 Å². The van der Waals surface area contributed by atoms with Crippen LogP contribution in [0, 0.1) is 5.92 Å². The fourth-order valence-corrected chi connectivity index (χ4v) is 3.00. The number of carbonyl (C=O) groups is 2. The number of alkyl halides is 3. The highest BCUT2D eigenvalue weighted by atomic mass is 19.4. The summed E-state index contributed by atoms with van der Waals surface area (Å²) in [6.45, 7) is 1.53. The van der Waals surface area contributed by atoms with Crippen molar-refractivity contribution >= 4 is 11.6 Å². The molecule has 0 saturated heterocycles. The summed E-state index contributed by atoms with van der Waals surface area (Å²) >= 11 is 0. The van der Waals surface area contributed by atoms with Crippen LogP contribution < -0.4 is 4.74 Å². The molecule has 0 radical (unpaired) electrons. The Morgan fingerprint density at radius 2 is 1.19 bits per heavy atom. The Balaban J connectivity index is 1.55. The van der Waals surface area contributed by atoms with E-state index >= 15 is 0 Å². The minimum atomic E-state index is -4.42. The number of Topliss-reactive ketones (excluding diaryl/α,β-unsaturated/α-hetero) is 2. The molecule has 0 aliphatic heterocycles. The lowest BCUT2D eigenvalue weighted by molar-refractivity contribution is -0.137. The molecule has 1 unspecified atom stereocenters. The van der Waals surface area contributed by atoms with E-state index in [4.69, 9.17) is 4.74 Å². The SMILES string of the molecule is CC(C(=O)Cc1ccc(Oc2ccccc2)cc1)C(=O)Cc1ccc(C(F)(F)F)cc1. The summed E-state index contributed by atoms with van der Waals surface area (Å²) < 4.78 is 43.6. The zero-order valence-corrected chi connectivity index (χ0v) is 16.9. The Bertz CT molecular complexity index is 1020. The highest BCUT2D eigenvalue weighted by molar-refractivity contribution is 6.03. The quantitative estimate of drug-likeness (QED) is 0.412. The first-order valence-electron chi connectivity index (χ1n) is 9.76. The number of rotatable bonds is 8. The first-order valence-corrected chi connectivity index (χ1v) is 9.76. The van der Waals surface area contributed by atoms with Gasteiger partial charge in [0, 0.05) is 12.8 Å². The van der Waals surface area contributed by atoms with Gasteiger partial charge < -0.3 is 4.74 Å². The van der Waals surface area contributed by atoms with Gasteiger partial charge in [-0.2, -0.15) is 13.2 Å². The molecular weight excluding hydrogens is 405 g/mol. The van der Waals surface area contributed by atoms with Crippen molar-refractivity contribution in [3.8, 4) is 11.5 Å². The minimum absolute atomic E-state index is 0.0884. The number of para-hydroxylation sites is 1. The van der Waals surface area contributed by atoms with Crippen LogP contribution in [0.2, 0.25) is 0 Å². The van der Waals surface area contributed by atoms with Crippen LogP contribution in [0.5, 0.6) is 11.5 Å². The van der Waals surface area contributed by atoms with E-state index in [1.165, 1.54) is 19.1 Å². The molecular formula is C25H21F3O3. The van der Waals surface area contributed by atoms with Gasteiger partial charge in [0.15, 0.2) is 0 Å². The molecule has 0 saturated carbocycles. The molecule has 0 aromatic heterocycles. The second-order valence-electron chi connectivity index (χ2n) is 7.26. The van der Waals surface area contributed by atoms with E-state index in [0.717, 1.165) is 17.7 Å². The smallest absolute Gasteiger partial charge is 0.416 e. The van der Waals surface area contributed by atoms with Gasteiger partial charge in [0.2, 0.25) is 0 Å². The molecule has 0 spiro atoms. The average molecular weight is 426 g/mol. The van der Waals surface area contributed by atoms with Gasteiger partial charge in [0.1, 0.15) is 23.1 Å². The highest BCUT2D eigenvalue weighted by Crippen LogP contribution is 2.29. The van der Waals surface area contributed by atoms with Gasteiger partial charge in [-0.1, -0.05) is 42.5 Å². The third-order valence-corrected chi connectivity index (χ3v) is 4.91. The summed E-state index contributed by atoms with van der Waals surface area (Å²) in [5, 5.41) is 0. The molecule has 6 heteroatoms. The summed E-state index contributed by atoms with van der Waals surface area (Å²) in [5.41, 5.74) is 0.423. The lowest BCUT2D eigenvalue weighted by atomic mass is 9.92. The maximum Gasteiger partial charge on any atom is 0.416 e. The summed E-state index contributed by atoms with van der Waals surface area (Å²) in [7, 11) is 0. The van der Waals surface area contributed by atoms with Crippen molar-refractivity contribution in [2.24, 2.45) is 5.92 Å². The molecule has 0 heterocycles. The van der Waals surface area contributed by atoms with Gasteiger partial charge in [-0.15, -0.1) is 0 Å². The summed E-state index contributed by atoms with van der Waals surface area (Å²) in [6.07, 6.45) is -4.42. The summed E-state index contributed by atoms with van der Waals surface area (Å²) in [6, 6.07) is 20.7. The van der Waals surface area contributed by atoms with Gasteiger partial charge in [-0.05, 0) is 54.4 Å². The fraction of sp³-hybridized carbons (Fsp3) is 0.200. The van der Waals surface area contributed by atoms with E-state index in [-0.39, 0.29) is 24.4 Å². The van der Waals surface area contributed by atoms with Crippen LogP contribution in [0.25, 0.3) is 0 Å². The van der Waals surface area contributed by atoms with Gasteiger partial charge >= 0.3 is 6.18 Å². The maximum absolute atomic E-state index is 12.6. The zero-order chi connectivity index (χ0) is 22.4. The molecule has 3 nitrogen and oxygen atoms in total. The number of halogens is 3. The van der Waals surface area contributed by atoms with Crippen LogP contribution in [0.4, 0.5) is 13.2 Å². The molecule has 0 N–H and O–H groups in total. The van der Waals surface area contributed by atoms with Crippen molar-refractivity contribution in [2.45, 2.75) is 25.9 Å². The second-order valence-corrected chi connectivity index (χ2v) is 7.26. The Morgan fingerprint density at radius 1 is 0.742 bits per heavy atom. The van der Waals surface area contributed by atoms with E-state index in [1.54, 1.807) is 24.3 Å². The molecule has 31 heavy (non-hydrogen) atoms. The fourth-order valence-electron chi connectivity index (χ4n) is 3.00. The van der Waals surface area contributed by atoms with Crippen molar-refractivity contribution in [1.82, 2.24) is 0 Å². The number of hydrogen-bond acceptors (Lipinski definition) is 3. The molecule has 3 rings (SSSR count). The van der Waals surface area contributed by atoms with Crippen LogP contribution >= 0.6 is 0 Å². The summed E-state index contributed by atoms with van der Waals surface area (Å²) in [5.74, 6) is -0.0763. The first kappa shape index (κ1) is 22.3. The lowest BCUT2D eigenvalue weighted by Gasteiger charge is -2.11. The van der Waals surface area contributed by atoms with E-state index in [1.807, 2.05) is 30.3 Å². The number of ketones is 2. The van der Waals surface area contributed by atoms with E-state index in [0.29, 0.717) is 17.1 Å². The van der Waals surface area contributed by atoms with Crippen molar-refractivity contribution in [3.63, 3.8) is 0 Å². The largest absolute Gasteiger partial charge is 0.457 e. The van der Waals surface area contributed by atoms with Crippen LogP contribution in [0.1, 0.15) is 23.6 Å². The third kappa shape index (κ3) is 6.28. The predicted molar refractivity (Wildman–Crippen MR) is 111 cm³/mol. The second kappa shape index (κ2) is 9.60. The third-order valence-electron chi connectivity index (χ3n) is 4.91. The Kier molecular flexibility index (Phi) is 6.90. The average Bonchev–Trinajstić information content (AvgIpc) is 2.75. The van der Waals surface area contributed by atoms with Gasteiger partial charge in [-0.3, -0.25) is 9.59 Å². The molecule has 3 aromatic carbocycles. The summed E-state index contributed by atoms with van der Waals surface area (Å²) in [4.78, 5) is 24.9. The number of carbonyl (C=O) groups excluding carboxylic acids is 2. The van der Waals surface area contributed by atoms with Crippen molar-refractivity contribution < 1.29 is 27.5 Å². The van der Waals surface area contributed by atoms with Crippen LogP contribution in [0.15, 0.2) is 78.9 Å². The number of hydrogen-bond donors (Lipinski definition) is 0. The maximum atomic E-state index is 12.6. The Labute approximate surface area is 178 Å². The van der Waals surface area contributed by atoms with Crippen LogP contribution in [0.3, 0.4) is 0 Å². The topological polar surface area (TPSA) is 43.4 Å². The Hall–Kier alpha value is -3.41. The molecule has 0 bridgehead atoms. The lowest BCUT2D eigenvalue weighted by Crippen LogP contribution is -2.24. The molecule has 0 aliphatic carbocycles. The van der Waals surface area contributed by atoms with Crippen molar-refractivity contribution in [2.75, 3.05) is 0 Å². The molecule has 3 aromatic rings. The molecule has 160 valence electrons. The predicted octanol–water partition coefficient (Wildman–Crippen LogP) is 6.06. The standard InChI is InChI=1S/C25H21F3O3/c1-17(23(29)15-18-7-11-20(12-8-18)25(26,27)28)24(30)16-19-9-13-22(14-10-19)31-21-5-3-2-4-6-21/h2-14,17H,15-16H2,1H3. The van der Waals surface area contributed by atoms with Crippen LogP contribution in [-0.4, -0.2) is 11.6 Å². The first-order chi connectivity index (χ1) is 14.7. The highest BCUT2D eigenvalue weighted by Gasteiger charge is 2.30. The van der Waals surface area contributed by atoms with Gasteiger partial charge in [0.25, 0.3) is 0 Å². The normalized spacial score (nSPS) is 12.3. The van der Waals surface area contributed by atoms with Crippen LogP contribution in [-0.2, 0) is 28.6 Å². The van der Waals surface area contributed by atoms with E-state index in [2.05, 4.69) is 0 Å². The van der Waals surface area contributed by atoms with Gasteiger partial charge in [0.05, 0.1) is 11.5 Å². The minimum Gasteiger partial charge on any atom is -0.457 e. The Morgan fingerprint density at radius 3 is 1.68 bits per heavy atom. The van der Waals surface area contributed by atoms with Gasteiger partial charge in [-0.25, -0.2) is 0 Å². The monoisotopic (exact) mass is 426 g/mol. The van der Waals surface area contributed by atoms with E-state index < -0.39 is 17.7 Å². The molecule has 0 amide bonds. The molecule has 1 atom stereocenters. The molecule has 0 aliphatic rings. The molecule has 0 fully saturated rings. The zero-order valence-electron chi connectivity index (χ0n) is 16.9.